The number of benzene rings is 1. The van der Waals surface area contributed by atoms with Gasteiger partial charge in [-0.1, -0.05) is 30.8 Å². The van der Waals surface area contributed by atoms with E-state index in [0.29, 0.717) is 42.8 Å². The van der Waals surface area contributed by atoms with E-state index in [1.54, 1.807) is 25.1 Å². The number of nitrogens with zero attached hydrogens (tertiary/aromatic N) is 4. The number of methoxy groups -OCH3 is 1. The zero-order valence-electron chi connectivity index (χ0n) is 18.1. The van der Waals surface area contributed by atoms with Crippen LogP contribution in [0.4, 0.5) is 0 Å². The highest BCUT2D eigenvalue weighted by atomic mass is 32.2. The lowest BCUT2D eigenvalue weighted by atomic mass is 10.2. The third kappa shape index (κ3) is 5.11. The molecule has 1 aromatic heterocycles. The van der Waals surface area contributed by atoms with Crippen molar-refractivity contribution in [3.63, 3.8) is 0 Å². The number of hydrogen-bond donors (Lipinski definition) is 0. The van der Waals surface area contributed by atoms with Crippen LogP contribution in [0.3, 0.4) is 0 Å². The van der Waals surface area contributed by atoms with Gasteiger partial charge in [-0.2, -0.15) is 4.31 Å². The second kappa shape index (κ2) is 10.1. The predicted octanol–water partition coefficient (Wildman–Crippen LogP) is 2.59. The summed E-state index contributed by atoms with van der Waals surface area (Å²) in [5.41, 5.74) is 0.653. The number of morpholine rings is 1. The van der Waals surface area contributed by atoms with E-state index in [2.05, 4.69) is 10.2 Å². The standard InChI is InChI=1S/C20H28N4O5S2/c1-5-14(2)24-18(21-22-20(24)30-15(3)19(25)28-4)16-7-6-8-17(13-16)31(26,27)23-9-11-29-12-10-23/h6-8,13-15H,5,9-12H2,1-4H3. The Morgan fingerprint density at radius 2 is 1.97 bits per heavy atom. The Balaban J connectivity index is 1.99. The molecule has 9 nitrogen and oxygen atoms in total. The topological polar surface area (TPSA) is 104 Å². The molecular formula is C20H28N4O5S2. The van der Waals surface area contributed by atoms with Crippen LogP contribution in [0.5, 0.6) is 0 Å². The highest BCUT2D eigenvalue weighted by Crippen LogP contribution is 2.32. The number of carbonyl (C=O) groups excluding carboxylic acids is 1. The maximum absolute atomic E-state index is 13.1. The first-order valence-corrected chi connectivity index (χ1v) is 12.5. The molecule has 11 heteroatoms. The van der Waals surface area contributed by atoms with E-state index in [0.717, 1.165) is 6.42 Å². The van der Waals surface area contributed by atoms with E-state index < -0.39 is 15.3 Å². The minimum atomic E-state index is -3.63. The van der Waals surface area contributed by atoms with E-state index in [1.807, 2.05) is 24.5 Å². The van der Waals surface area contributed by atoms with Crippen molar-refractivity contribution in [2.45, 2.75) is 48.5 Å². The first-order chi connectivity index (χ1) is 14.8. The lowest BCUT2D eigenvalue weighted by molar-refractivity contribution is -0.139. The van der Waals surface area contributed by atoms with E-state index in [-0.39, 0.29) is 16.9 Å². The van der Waals surface area contributed by atoms with Gasteiger partial charge in [-0.15, -0.1) is 10.2 Å². The quantitative estimate of drug-likeness (QED) is 0.430. The van der Waals surface area contributed by atoms with Gasteiger partial charge >= 0.3 is 5.97 Å². The molecule has 1 aliphatic heterocycles. The van der Waals surface area contributed by atoms with Crippen LogP contribution in [-0.4, -0.2) is 72.1 Å². The van der Waals surface area contributed by atoms with E-state index in [9.17, 15) is 13.2 Å². The second-order valence-electron chi connectivity index (χ2n) is 7.26. The molecule has 2 aromatic rings. The number of rotatable bonds is 8. The smallest absolute Gasteiger partial charge is 0.318 e. The molecule has 0 bridgehead atoms. The minimum absolute atomic E-state index is 0.0526. The van der Waals surface area contributed by atoms with Gasteiger partial charge < -0.3 is 9.47 Å². The molecule has 3 rings (SSSR count). The predicted molar refractivity (Wildman–Crippen MR) is 117 cm³/mol. The van der Waals surface area contributed by atoms with E-state index >= 15 is 0 Å². The van der Waals surface area contributed by atoms with Crippen LogP contribution in [0.2, 0.25) is 0 Å². The zero-order chi connectivity index (χ0) is 22.6. The highest BCUT2D eigenvalue weighted by molar-refractivity contribution is 8.00. The SMILES string of the molecule is CCC(C)n1c(SC(C)C(=O)OC)nnc1-c1cccc(S(=O)(=O)N2CCOCC2)c1. The first-order valence-electron chi connectivity index (χ1n) is 10.2. The maximum Gasteiger partial charge on any atom is 0.318 e. The summed E-state index contributed by atoms with van der Waals surface area (Å²) in [4.78, 5) is 12.1. The molecule has 31 heavy (non-hydrogen) atoms. The number of ether oxygens (including phenoxy) is 2. The Morgan fingerprint density at radius 3 is 2.61 bits per heavy atom. The van der Waals surface area contributed by atoms with Crippen molar-refractivity contribution >= 4 is 27.8 Å². The number of sulfonamides is 1. The van der Waals surface area contributed by atoms with Gasteiger partial charge in [0.05, 0.1) is 25.2 Å². The fraction of sp³-hybridized carbons (Fsp3) is 0.550. The van der Waals surface area contributed by atoms with Crippen LogP contribution in [0, 0.1) is 0 Å². The lowest BCUT2D eigenvalue weighted by Gasteiger charge is -2.26. The van der Waals surface area contributed by atoms with Gasteiger partial charge in [-0.3, -0.25) is 9.36 Å². The molecule has 0 saturated carbocycles. The first kappa shape index (κ1) is 23.7. The molecule has 0 N–H and O–H groups in total. The van der Waals surface area contributed by atoms with Crippen LogP contribution >= 0.6 is 11.8 Å². The monoisotopic (exact) mass is 468 g/mol. The summed E-state index contributed by atoms with van der Waals surface area (Å²) in [5, 5.41) is 8.77. The Labute approximate surface area is 187 Å². The van der Waals surface area contributed by atoms with Gasteiger partial charge in [0.15, 0.2) is 11.0 Å². The van der Waals surface area contributed by atoms with Crippen molar-refractivity contribution in [3.05, 3.63) is 24.3 Å². The molecule has 0 aliphatic carbocycles. The Morgan fingerprint density at radius 1 is 1.26 bits per heavy atom. The molecule has 2 atom stereocenters. The van der Waals surface area contributed by atoms with Gasteiger partial charge in [0.1, 0.15) is 5.25 Å². The number of esters is 1. The van der Waals surface area contributed by atoms with Gasteiger partial charge in [0.25, 0.3) is 0 Å². The van der Waals surface area contributed by atoms with Crippen molar-refractivity contribution in [3.8, 4) is 11.4 Å². The highest BCUT2D eigenvalue weighted by Gasteiger charge is 2.28. The fourth-order valence-corrected chi connectivity index (χ4v) is 5.67. The van der Waals surface area contributed by atoms with Crippen LogP contribution in [0.1, 0.15) is 33.2 Å². The van der Waals surface area contributed by atoms with Crippen molar-refractivity contribution in [2.75, 3.05) is 33.4 Å². The molecule has 1 saturated heterocycles. The molecule has 1 fully saturated rings. The third-order valence-corrected chi connectivity index (χ3v) is 8.14. The molecule has 2 heterocycles. The molecule has 0 spiro atoms. The van der Waals surface area contributed by atoms with Crippen LogP contribution in [0.15, 0.2) is 34.3 Å². The van der Waals surface area contributed by atoms with Gasteiger partial charge in [-0.05, 0) is 32.4 Å². The fourth-order valence-electron chi connectivity index (χ4n) is 3.24. The summed E-state index contributed by atoms with van der Waals surface area (Å²) in [6.45, 7) is 7.28. The van der Waals surface area contributed by atoms with E-state index in [1.165, 1.54) is 23.2 Å². The summed E-state index contributed by atoms with van der Waals surface area (Å²) < 4.78 is 39.6. The summed E-state index contributed by atoms with van der Waals surface area (Å²) in [6, 6.07) is 6.80. The van der Waals surface area contributed by atoms with E-state index in [4.69, 9.17) is 9.47 Å². The van der Waals surface area contributed by atoms with Crippen molar-refractivity contribution in [1.29, 1.82) is 0 Å². The summed E-state index contributed by atoms with van der Waals surface area (Å²) in [6.07, 6.45) is 0.816. The van der Waals surface area contributed by atoms with Crippen LogP contribution in [-0.2, 0) is 24.3 Å². The molecule has 2 unspecified atom stereocenters. The lowest BCUT2D eigenvalue weighted by Crippen LogP contribution is -2.40. The van der Waals surface area contributed by atoms with Crippen LogP contribution < -0.4 is 0 Å². The van der Waals surface area contributed by atoms with Gasteiger partial charge in [0.2, 0.25) is 10.0 Å². The maximum atomic E-state index is 13.1. The summed E-state index contributed by atoms with van der Waals surface area (Å²) >= 11 is 1.27. The van der Waals surface area contributed by atoms with Crippen LogP contribution in [0.25, 0.3) is 11.4 Å². The zero-order valence-corrected chi connectivity index (χ0v) is 19.8. The number of aromatic nitrogens is 3. The second-order valence-corrected chi connectivity index (χ2v) is 10.5. The summed E-state index contributed by atoms with van der Waals surface area (Å²) in [5.74, 6) is 0.219. The Hall–Kier alpha value is -1.95. The normalized spacial score (nSPS) is 17.3. The average molecular weight is 469 g/mol. The molecular weight excluding hydrogens is 440 g/mol. The largest absolute Gasteiger partial charge is 0.468 e. The molecule has 1 aliphatic rings. The van der Waals surface area contributed by atoms with Crippen molar-refractivity contribution in [2.24, 2.45) is 0 Å². The third-order valence-electron chi connectivity index (χ3n) is 5.21. The number of carbonyl (C=O) groups is 1. The summed E-state index contributed by atoms with van der Waals surface area (Å²) in [7, 11) is -2.28. The molecule has 1 aromatic carbocycles. The van der Waals surface area contributed by atoms with Crippen molar-refractivity contribution in [1.82, 2.24) is 19.1 Å². The number of thioether (sulfide) groups is 1. The molecule has 170 valence electrons. The molecule has 0 radical (unpaired) electrons. The Bertz CT molecular complexity index is 1020. The minimum Gasteiger partial charge on any atom is -0.468 e. The average Bonchev–Trinajstić information content (AvgIpc) is 3.22. The molecule has 0 amide bonds. The Kier molecular flexibility index (Phi) is 7.73. The number of hydrogen-bond acceptors (Lipinski definition) is 8. The van der Waals surface area contributed by atoms with Gasteiger partial charge in [0, 0.05) is 24.7 Å². The van der Waals surface area contributed by atoms with Gasteiger partial charge in [-0.25, -0.2) is 8.42 Å². The van der Waals surface area contributed by atoms with Crippen molar-refractivity contribution < 1.29 is 22.7 Å².